The van der Waals surface area contributed by atoms with E-state index in [2.05, 4.69) is 14.6 Å². The van der Waals surface area contributed by atoms with Gasteiger partial charge in [-0.05, 0) is 19.1 Å². The average molecular weight is 454 g/mol. The number of amides is 2. The SMILES string of the molecule is C[C@H]1[C@H](NC(=O)CSc2cc(Cl)nc(Cl)c2)C(=O)N1OS(=O)(=O)[O-].[K+]. The van der Waals surface area contributed by atoms with E-state index in [9.17, 15) is 22.6 Å². The van der Waals surface area contributed by atoms with Crippen molar-refractivity contribution in [3.63, 3.8) is 0 Å². The van der Waals surface area contributed by atoms with E-state index in [1.54, 1.807) is 0 Å². The van der Waals surface area contributed by atoms with Crippen molar-refractivity contribution in [2.24, 2.45) is 0 Å². The van der Waals surface area contributed by atoms with Crippen molar-refractivity contribution in [3.8, 4) is 0 Å². The van der Waals surface area contributed by atoms with Gasteiger partial charge < -0.3 is 9.87 Å². The molecular weight excluding hydrogens is 444 g/mol. The zero-order chi connectivity index (χ0) is 18.1. The van der Waals surface area contributed by atoms with Crippen molar-refractivity contribution in [1.82, 2.24) is 15.4 Å². The first-order chi connectivity index (χ1) is 11.1. The average Bonchev–Trinajstić information content (AvgIpc) is 2.46. The molecule has 0 aromatic carbocycles. The maximum atomic E-state index is 11.9. The third-order valence-corrected chi connectivity index (χ3v) is 4.64. The van der Waals surface area contributed by atoms with E-state index in [4.69, 9.17) is 23.2 Å². The van der Waals surface area contributed by atoms with Crippen LogP contribution in [0.1, 0.15) is 6.92 Å². The van der Waals surface area contributed by atoms with Crippen molar-refractivity contribution >= 4 is 57.2 Å². The molecule has 2 amide bonds. The van der Waals surface area contributed by atoms with Gasteiger partial charge in [0.15, 0.2) is 0 Å². The molecule has 1 aliphatic heterocycles. The van der Waals surface area contributed by atoms with Crippen LogP contribution >= 0.6 is 35.0 Å². The molecule has 14 heteroatoms. The molecule has 2 rings (SSSR count). The second-order valence-electron chi connectivity index (χ2n) is 4.67. The number of pyridine rings is 1. The van der Waals surface area contributed by atoms with E-state index in [0.29, 0.717) is 9.96 Å². The fourth-order valence-electron chi connectivity index (χ4n) is 1.87. The maximum absolute atomic E-state index is 11.9. The van der Waals surface area contributed by atoms with Gasteiger partial charge in [0.1, 0.15) is 16.3 Å². The zero-order valence-corrected chi connectivity index (χ0v) is 19.2. The van der Waals surface area contributed by atoms with Crippen LogP contribution in [0.5, 0.6) is 0 Å². The minimum Gasteiger partial charge on any atom is -0.724 e. The maximum Gasteiger partial charge on any atom is 1.00 e. The third-order valence-electron chi connectivity index (χ3n) is 2.93. The van der Waals surface area contributed by atoms with Crippen molar-refractivity contribution < 1.29 is 78.2 Å². The number of nitrogens with zero attached hydrogens (tertiary/aromatic N) is 2. The molecule has 2 atom stereocenters. The molecule has 0 unspecified atom stereocenters. The molecule has 1 aliphatic rings. The summed E-state index contributed by atoms with van der Waals surface area (Å²) in [6, 6.07) is 1.29. The summed E-state index contributed by atoms with van der Waals surface area (Å²) in [5, 5.41) is 3.19. The largest absolute Gasteiger partial charge is 1.00 e. The van der Waals surface area contributed by atoms with Gasteiger partial charge in [0.25, 0.3) is 5.91 Å². The first kappa shape index (κ1) is 23.6. The van der Waals surface area contributed by atoms with Crippen LogP contribution in [0.3, 0.4) is 0 Å². The van der Waals surface area contributed by atoms with E-state index >= 15 is 0 Å². The monoisotopic (exact) mass is 453 g/mol. The van der Waals surface area contributed by atoms with Gasteiger partial charge in [-0.1, -0.05) is 23.2 Å². The van der Waals surface area contributed by atoms with Crippen LogP contribution in [0.4, 0.5) is 0 Å². The predicted molar refractivity (Wildman–Crippen MR) is 84.0 cm³/mol. The minimum atomic E-state index is -5.05. The molecule has 1 aromatic heterocycles. The van der Waals surface area contributed by atoms with Gasteiger partial charge >= 0.3 is 51.4 Å². The Morgan fingerprint density at radius 1 is 1.44 bits per heavy atom. The summed E-state index contributed by atoms with van der Waals surface area (Å²) in [6.07, 6.45) is 0. The number of thioether (sulfide) groups is 1. The number of nitrogens with one attached hydrogen (secondary N) is 1. The van der Waals surface area contributed by atoms with Gasteiger partial charge in [0.05, 0.1) is 11.8 Å². The summed E-state index contributed by atoms with van der Waals surface area (Å²) in [6.45, 7) is 1.42. The van der Waals surface area contributed by atoms with Crippen LogP contribution in [0, 0.1) is 0 Å². The normalized spacial score (nSPS) is 19.8. The van der Waals surface area contributed by atoms with Crippen LogP contribution in [0.25, 0.3) is 0 Å². The number of aromatic nitrogens is 1. The number of halogens is 2. The van der Waals surface area contributed by atoms with Gasteiger partial charge in [0.2, 0.25) is 16.3 Å². The van der Waals surface area contributed by atoms with Crippen LogP contribution < -0.4 is 56.7 Å². The molecule has 1 saturated heterocycles. The summed E-state index contributed by atoms with van der Waals surface area (Å²) in [4.78, 5) is 27.9. The van der Waals surface area contributed by atoms with E-state index in [0.717, 1.165) is 11.8 Å². The Morgan fingerprint density at radius 2 is 2.00 bits per heavy atom. The van der Waals surface area contributed by atoms with Crippen LogP contribution in [0.15, 0.2) is 17.0 Å². The number of carbonyl (C=O) groups is 2. The Bertz CT molecular complexity index is 761. The summed E-state index contributed by atoms with van der Waals surface area (Å²) in [5.41, 5.74) is 0. The number of hydrogen-bond donors (Lipinski definition) is 1. The molecule has 25 heavy (non-hydrogen) atoms. The molecule has 0 saturated carbocycles. The molecule has 0 bridgehead atoms. The second kappa shape index (κ2) is 9.64. The van der Waals surface area contributed by atoms with Crippen LogP contribution in [-0.4, -0.2) is 52.7 Å². The number of rotatable bonds is 6. The van der Waals surface area contributed by atoms with Gasteiger partial charge in [-0.25, -0.2) is 13.4 Å². The fraction of sp³-hybridized carbons (Fsp3) is 0.364. The van der Waals surface area contributed by atoms with Crippen LogP contribution in [-0.2, 0) is 24.3 Å². The predicted octanol–water partition coefficient (Wildman–Crippen LogP) is -2.41. The molecule has 9 nitrogen and oxygen atoms in total. The van der Waals surface area contributed by atoms with Crippen LogP contribution in [0.2, 0.25) is 10.3 Å². The molecule has 1 aromatic rings. The quantitative estimate of drug-likeness (QED) is 0.126. The van der Waals surface area contributed by atoms with Crippen molar-refractivity contribution in [1.29, 1.82) is 0 Å². The molecule has 0 radical (unpaired) electrons. The summed E-state index contributed by atoms with van der Waals surface area (Å²) >= 11 is 12.6. The summed E-state index contributed by atoms with van der Waals surface area (Å²) in [5.74, 6) is -1.33. The van der Waals surface area contributed by atoms with E-state index in [1.807, 2.05) is 0 Å². The summed E-state index contributed by atoms with van der Waals surface area (Å²) < 4.78 is 35.4. The molecule has 132 valence electrons. The molecule has 1 fully saturated rings. The first-order valence-electron chi connectivity index (χ1n) is 6.30. The summed E-state index contributed by atoms with van der Waals surface area (Å²) in [7, 11) is -5.05. The Kier molecular flexibility index (Phi) is 9.09. The standard InChI is InChI=1S/C11H11Cl2N3O6S2.K/c1-5-10(11(18)16(5)22-24(19,20)21)15-9(17)4-23-6-2-7(12)14-8(13)3-6;/h2-3,5,10H,4H2,1H3,(H,15,17)(H,19,20,21);/q;+1/p-1/t5-,10-;/m0./s1. The molecule has 1 N–H and O–H groups in total. The third kappa shape index (κ3) is 6.88. The zero-order valence-electron chi connectivity index (χ0n) is 12.9. The van der Waals surface area contributed by atoms with Gasteiger partial charge in [0, 0.05) is 4.90 Å². The van der Waals surface area contributed by atoms with E-state index < -0.39 is 34.3 Å². The van der Waals surface area contributed by atoms with Gasteiger partial charge in [-0.15, -0.1) is 11.8 Å². The number of β-lactam (4-membered cyclic amide) rings is 1. The first-order valence-corrected chi connectivity index (χ1v) is 9.38. The number of hydroxylamine groups is 2. The topological polar surface area (TPSA) is 129 Å². The fourth-order valence-corrected chi connectivity index (χ4v) is 3.64. The van der Waals surface area contributed by atoms with Gasteiger partial charge in [-0.2, -0.15) is 9.35 Å². The smallest absolute Gasteiger partial charge is 0.724 e. The Labute approximate surface area is 200 Å². The van der Waals surface area contributed by atoms with Crippen molar-refractivity contribution in [3.05, 3.63) is 22.4 Å². The van der Waals surface area contributed by atoms with E-state index in [1.165, 1.54) is 19.1 Å². The minimum absolute atomic E-state index is 0. The number of hydrogen-bond acceptors (Lipinski definition) is 8. The number of carbonyl (C=O) groups excluding carboxylic acids is 2. The molecule has 2 heterocycles. The molecule has 0 spiro atoms. The Morgan fingerprint density at radius 3 is 2.48 bits per heavy atom. The Balaban J connectivity index is 0.00000312. The van der Waals surface area contributed by atoms with Crippen molar-refractivity contribution in [2.45, 2.75) is 23.9 Å². The van der Waals surface area contributed by atoms with Crippen molar-refractivity contribution in [2.75, 3.05) is 5.75 Å². The van der Waals surface area contributed by atoms with E-state index in [-0.39, 0.29) is 67.4 Å². The molecule has 0 aliphatic carbocycles. The van der Waals surface area contributed by atoms with Gasteiger partial charge in [-0.3, -0.25) is 9.59 Å². The second-order valence-corrected chi connectivity index (χ2v) is 7.46. The Hall–Kier alpha value is 0.526. The molecular formula is C11H10Cl2KN3O6S2.